The Morgan fingerprint density at radius 3 is 2.68 bits per heavy atom. The van der Waals surface area contributed by atoms with Crippen LogP contribution in [0.1, 0.15) is 11.1 Å². The highest BCUT2D eigenvalue weighted by atomic mass is 79.9. The smallest absolute Gasteiger partial charge is 0.0604 e. The first-order valence-electron chi connectivity index (χ1n) is 5.98. The number of hydrogen-bond acceptors (Lipinski definition) is 2. The van der Waals surface area contributed by atoms with Gasteiger partial charge in [-0.3, -0.25) is 0 Å². The van der Waals surface area contributed by atoms with Gasteiger partial charge in [0.25, 0.3) is 0 Å². The number of halogens is 2. The van der Waals surface area contributed by atoms with Crippen molar-refractivity contribution >= 4 is 38.9 Å². The van der Waals surface area contributed by atoms with Crippen molar-refractivity contribution in [1.29, 1.82) is 0 Å². The first-order valence-corrected chi connectivity index (χ1v) is 7.15. The van der Waals surface area contributed by atoms with Gasteiger partial charge in [0.05, 0.1) is 11.4 Å². The predicted octanol–water partition coefficient (Wildman–Crippen LogP) is 4.63. The molecule has 0 amide bonds. The van der Waals surface area contributed by atoms with E-state index < -0.39 is 0 Å². The second kappa shape index (κ2) is 5.85. The summed E-state index contributed by atoms with van der Waals surface area (Å²) in [5, 5.41) is 0.706. The molecule has 0 saturated carbocycles. The van der Waals surface area contributed by atoms with Crippen molar-refractivity contribution in [1.82, 2.24) is 0 Å². The van der Waals surface area contributed by atoms with E-state index in [0.717, 1.165) is 22.3 Å². The molecule has 0 bridgehead atoms. The maximum Gasteiger partial charge on any atom is 0.0604 e. The molecule has 0 unspecified atom stereocenters. The number of anilines is 2. The Bertz CT molecular complexity index is 599. The van der Waals surface area contributed by atoms with Gasteiger partial charge in [0.15, 0.2) is 0 Å². The zero-order valence-corrected chi connectivity index (χ0v) is 13.3. The van der Waals surface area contributed by atoms with E-state index in [9.17, 15) is 0 Å². The molecule has 2 N–H and O–H groups in total. The third-order valence-electron chi connectivity index (χ3n) is 3.03. The van der Waals surface area contributed by atoms with Gasteiger partial charge in [0.1, 0.15) is 0 Å². The Balaban J connectivity index is 2.25. The Labute approximate surface area is 127 Å². The summed E-state index contributed by atoms with van der Waals surface area (Å²) >= 11 is 9.55. The van der Waals surface area contributed by atoms with E-state index in [1.807, 2.05) is 38.2 Å². The molecule has 19 heavy (non-hydrogen) atoms. The Hall–Kier alpha value is -1.19. The van der Waals surface area contributed by atoms with Crippen molar-refractivity contribution in [3.05, 3.63) is 57.0 Å². The van der Waals surface area contributed by atoms with E-state index in [1.54, 1.807) is 0 Å². The predicted molar refractivity (Wildman–Crippen MR) is 86.9 cm³/mol. The Kier molecular flexibility index (Phi) is 4.38. The standard InChI is InChI=1S/C15H16BrClN2/c1-10-6-15(14(18)8-13(10)17)19(2)9-11-4-3-5-12(16)7-11/h3-8H,9,18H2,1-2H3. The van der Waals surface area contributed by atoms with Crippen LogP contribution >= 0.6 is 27.5 Å². The van der Waals surface area contributed by atoms with Gasteiger partial charge in [-0.25, -0.2) is 0 Å². The monoisotopic (exact) mass is 338 g/mol. The second-order valence-electron chi connectivity index (χ2n) is 4.65. The van der Waals surface area contributed by atoms with Crippen molar-refractivity contribution in [2.24, 2.45) is 0 Å². The van der Waals surface area contributed by atoms with Crippen LogP contribution in [-0.2, 0) is 6.54 Å². The van der Waals surface area contributed by atoms with E-state index in [1.165, 1.54) is 5.56 Å². The molecule has 0 aromatic heterocycles. The summed E-state index contributed by atoms with van der Waals surface area (Å²) in [4.78, 5) is 2.13. The fourth-order valence-corrected chi connectivity index (χ4v) is 2.63. The van der Waals surface area contributed by atoms with Gasteiger partial charge >= 0.3 is 0 Å². The Morgan fingerprint density at radius 1 is 1.26 bits per heavy atom. The van der Waals surface area contributed by atoms with Gasteiger partial charge in [-0.05, 0) is 42.3 Å². The molecule has 0 atom stereocenters. The first-order chi connectivity index (χ1) is 8.97. The number of benzene rings is 2. The summed E-state index contributed by atoms with van der Waals surface area (Å²) in [5.74, 6) is 0. The molecule has 0 radical (unpaired) electrons. The lowest BCUT2D eigenvalue weighted by Gasteiger charge is -2.22. The molecule has 0 heterocycles. The van der Waals surface area contributed by atoms with Crippen molar-refractivity contribution in [2.75, 3.05) is 17.7 Å². The number of nitrogens with zero attached hydrogens (tertiary/aromatic N) is 1. The fraction of sp³-hybridized carbons (Fsp3) is 0.200. The van der Waals surface area contributed by atoms with E-state index >= 15 is 0 Å². The highest BCUT2D eigenvalue weighted by molar-refractivity contribution is 9.10. The quantitative estimate of drug-likeness (QED) is 0.826. The third-order valence-corrected chi connectivity index (χ3v) is 3.93. The number of hydrogen-bond donors (Lipinski definition) is 1. The molecule has 0 spiro atoms. The van der Waals surface area contributed by atoms with Gasteiger partial charge in [-0.1, -0.05) is 39.7 Å². The normalized spacial score (nSPS) is 10.5. The number of nitrogen functional groups attached to an aromatic ring is 1. The maximum absolute atomic E-state index is 6.07. The van der Waals surface area contributed by atoms with Crippen LogP contribution in [0.25, 0.3) is 0 Å². The minimum atomic E-state index is 0.702. The highest BCUT2D eigenvalue weighted by Gasteiger charge is 2.09. The van der Waals surface area contributed by atoms with E-state index in [4.69, 9.17) is 17.3 Å². The molecule has 2 nitrogen and oxygen atoms in total. The molecule has 2 aromatic rings. The topological polar surface area (TPSA) is 29.3 Å². The Morgan fingerprint density at radius 2 is 2.00 bits per heavy atom. The van der Waals surface area contributed by atoms with Crippen LogP contribution in [0.4, 0.5) is 11.4 Å². The third kappa shape index (κ3) is 3.43. The number of aryl methyl sites for hydroxylation is 1. The summed E-state index contributed by atoms with van der Waals surface area (Å²) in [5.41, 5.74) is 10.0. The van der Waals surface area contributed by atoms with E-state index in [-0.39, 0.29) is 0 Å². The molecular formula is C15H16BrClN2. The average Bonchev–Trinajstić information content (AvgIpc) is 2.33. The molecular weight excluding hydrogens is 324 g/mol. The lowest BCUT2D eigenvalue weighted by Crippen LogP contribution is -2.18. The van der Waals surface area contributed by atoms with E-state index in [0.29, 0.717) is 10.7 Å². The van der Waals surface area contributed by atoms with Crippen LogP contribution in [0.5, 0.6) is 0 Å². The zero-order valence-electron chi connectivity index (χ0n) is 11.0. The number of nitrogens with two attached hydrogens (primary N) is 1. The van der Waals surface area contributed by atoms with Crippen LogP contribution in [0.15, 0.2) is 40.9 Å². The van der Waals surface area contributed by atoms with Gasteiger partial charge in [-0.15, -0.1) is 0 Å². The molecule has 0 saturated heterocycles. The van der Waals surface area contributed by atoms with Crippen LogP contribution in [0.3, 0.4) is 0 Å². The summed E-state index contributed by atoms with van der Waals surface area (Å²) in [7, 11) is 2.03. The average molecular weight is 340 g/mol. The van der Waals surface area contributed by atoms with Gasteiger partial charge in [0, 0.05) is 23.1 Å². The van der Waals surface area contributed by atoms with Crippen LogP contribution < -0.4 is 10.6 Å². The second-order valence-corrected chi connectivity index (χ2v) is 5.97. The van der Waals surface area contributed by atoms with Gasteiger partial charge in [-0.2, -0.15) is 0 Å². The SMILES string of the molecule is Cc1cc(N(C)Cc2cccc(Br)c2)c(N)cc1Cl. The molecule has 0 aliphatic carbocycles. The van der Waals surface area contributed by atoms with Crippen molar-refractivity contribution in [3.63, 3.8) is 0 Å². The molecule has 0 fully saturated rings. The lowest BCUT2D eigenvalue weighted by atomic mass is 10.1. The van der Waals surface area contributed by atoms with Crippen LogP contribution in [0.2, 0.25) is 5.02 Å². The first kappa shape index (κ1) is 14.2. The van der Waals surface area contributed by atoms with Crippen molar-refractivity contribution in [2.45, 2.75) is 13.5 Å². The molecule has 0 aliphatic rings. The molecule has 2 rings (SSSR count). The molecule has 4 heteroatoms. The maximum atomic E-state index is 6.07. The number of rotatable bonds is 3. The summed E-state index contributed by atoms with van der Waals surface area (Å²) in [6.07, 6.45) is 0. The molecule has 100 valence electrons. The summed E-state index contributed by atoms with van der Waals surface area (Å²) in [6, 6.07) is 12.1. The van der Waals surface area contributed by atoms with Gasteiger partial charge < -0.3 is 10.6 Å². The largest absolute Gasteiger partial charge is 0.397 e. The van der Waals surface area contributed by atoms with Crippen LogP contribution in [-0.4, -0.2) is 7.05 Å². The minimum absolute atomic E-state index is 0.702. The lowest BCUT2D eigenvalue weighted by molar-refractivity contribution is 0.923. The van der Waals surface area contributed by atoms with Crippen molar-refractivity contribution < 1.29 is 0 Å². The zero-order chi connectivity index (χ0) is 14.0. The van der Waals surface area contributed by atoms with Crippen LogP contribution in [0, 0.1) is 6.92 Å². The van der Waals surface area contributed by atoms with E-state index in [2.05, 4.69) is 33.0 Å². The highest BCUT2D eigenvalue weighted by Crippen LogP contribution is 2.30. The molecule has 2 aromatic carbocycles. The minimum Gasteiger partial charge on any atom is -0.397 e. The molecule has 0 aliphatic heterocycles. The summed E-state index contributed by atoms with van der Waals surface area (Å²) in [6.45, 7) is 2.78. The fourth-order valence-electron chi connectivity index (χ4n) is 2.01. The van der Waals surface area contributed by atoms with Crippen molar-refractivity contribution in [3.8, 4) is 0 Å². The summed E-state index contributed by atoms with van der Waals surface area (Å²) < 4.78 is 1.08. The van der Waals surface area contributed by atoms with Gasteiger partial charge in [0.2, 0.25) is 0 Å².